The van der Waals surface area contributed by atoms with Crippen molar-refractivity contribution < 1.29 is 0 Å². The zero-order valence-electron chi connectivity index (χ0n) is 12.0. The summed E-state index contributed by atoms with van der Waals surface area (Å²) in [5.41, 5.74) is 7.01. The molecule has 3 nitrogen and oxygen atoms in total. The van der Waals surface area contributed by atoms with Gasteiger partial charge in [0.25, 0.3) is 0 Å². The lowest BCUT2D eigenvalue weighted by atomic mass is 9.96. The molecule has 0 amide bonds. The first-order valence-electron chi connectivity index (χ1n) is 6.98. The molecule has 1 aromatic heterocycles. The van der Waals surface area contributed by atoms with E-state index in [1.807, 2.05) is 18.3 Å². The van der Waals surface area contributed by atoms with Gasteiger partial charge in [0, 0.05) is 19.3 Å². The van der Waals surface area contributed by atoms with Gasteiger partial charge in [-0.15, -0.1) is 0 Å². The van der Waals surface area contributed by atoms with E-state index in [2.05, 4.69) is 36.7 Å². The fourth-order valence-electron chi connectivity index (χ4n) is 2.30. The average Bonchev–Trinajstić information content (AvgIpc) is 2.37. The lowest BCUT2D eigenvalue weighted by molar-refractivity contribution is 0.217. The van der Waals surface area contributed by atoms with E-state index in [1.54, 1.807) is 0 Å². The summed E-state index contributed by atoms with van der Waals surface area (Å²) in [6.07, 6.45) is 3.06. The molecule has 0 radical (unpaired) electrons. The van der Waals surface area contributed by atoms with Crippen LogP contribution in [0.3, 0.4) is 0 Å². The summed E-state index contributed by atoms with van der Waals surface area (Å²) < 4.78 is 0. The molecule has 0 aliphatic heterocycles. The van der Waals surface area contributed by atoms with Crippen LogP contribution >= 0.6 is 0 Å². The minimum atomic E-state index is 0.591. The second kappa shape index (κ2) is 8.22. The van der Waals surface area contributed by atoms with Gasteiger partial charge in [-0.2, -0.15) is 0 Å². The number of pyridine rings is 1. The number of hydrogen-bond donors (Lipinski definition) is 1. The second-order valence-electron chi connectivity index (χ2n) is 5.38. The number of rotatable bonds is 8. The van der Waals surface area contributed by atoms with Crippen LogP contribution in [-0.4, -0.2) is 29.5 Å². The van der Waals surface area contributed by atoms with Gasteiger partial charge in [-0.25, -0.2) is 0 Å². The standard InChI is InChI=1S/C15H27N3/c1-4-18(11-14(10-16)9-13(2)3)12-15-7-5-6-8-17-15/h5-8,13-14H,4,9-12,16H2,1-3H3. The van der Waals surface area contributed by atoms with Crippen molar-refractivity contribution in [3.8, 4) is 0 Å². The Morgan fingerprint density at radius 3 is 2.61 bits per heavy atom. The Morgan fingerprint density at radius 2 is 2.11 bits per heavy atom. The van der Waals surface area contributed by atoms with E-state index < -0.39 is 0 Å². The number of aromatic nitrogens is 1. The molecule has 0 spiro atoms. The van der Waals surface area contributed by atoms with Crippen LogP contribution in [0.15, 0.2) is 24.4 Å². The highest BCUT2D eigenvalue weighted by molar-refractivity contribution is 5.03. The molecule has 102 valence electrons. The highest BCUT2D eigenvalue weighted by Crippen LogP contribution is 2.13. The number of hydrogen-bond acceptors (Lipinski definition) is 3. The fraction of sp³-hybridized carbons (Fsp3) is 0.667. The Balaban J connectivity index is 2.50. The summed E-state index contributed by atoms with van der Waals surface area (Å²) in [5.74, 6) is 1.31. The van der Waals surface area contributed by atoms with Crippen molar-refractivity contribution in [1.82, 2.24) is 9.88 Å². The van der Waals surface area contributed by atoms with Crippen LogP contribution in [-0.2, 0) is 6.54 Å². The van der Waals surface area contributed by atoms with Crippen molar-refractivity contribution >= 4 is 0 Å². The minimum absolute atomic E-state index is 0.591. The zero-order chi connectivity index (χ0) is 13.4. The summed E-state index contributed by atoms with van der Waals surface area (Å²) in [5, 5.41) is 0. The maximum absolute atomic E-state index is 5.88. The van der Waals surface area contributed by atoms with Crippen LogP contribution in [0.25, 0.3) is 0 Å². The second-order valence-corrected chi connectivity index (χ2v) is 5.38. The van der Waals surface area contributed by atoms with E-state index in [-0.39, 0.29) is 0 Å². The summed E-state index contributed by atoms with van der Waals surface area (Å²) in [6, 6.07) is 6.09. The monoisotopic (exact) mass is 249 g/mol. The van der Waals surface area contributed by atoms with Crippen molar-refractivity contribution in [2.45, 2.75) is 33.7 Å². The molecular weight excluding hydrogens is 222 g/mol. The molecular formula is C15H27N3. The molecule has 1 heterocycles. The number of nitrogens with two attached hydrogens (primary N) is 1. The van der Waals surface area contributed by atoms with E-state index in [0.717, 1.165) is 31.9 Å². The molecule has 3 heteroatoms. The quantitative estimate of drug-likeness (QED) is 0.770. The molecule has 0 aliphatic carbocycles. The lowest BCUT2D eigenvalue weighted by Gasteiger charge is -2.26. The summed E-state index contributed by atoms with van der Waals surface area (Å²) >= 11 is 0. The van der Waals surface area contributed by atoms with Crippen LogP contribution in [0.4, 0.5) is 0 Å². The third kappa shape index (κ3) is 5.61. The first-order chi connectivity index (χ1) is 8.65. The maximum Gasteiger partial charge on any atom is 0.0543 e. The summed E-state index contributed by atoms with van der Waals surface area (Å²) in [7, 11) is 0. The summed E-state index contributed by atoms with van der Waals surface area (Å²) in [4.78, 5) is 6.82. The van der Waals surface area contributed by atoms with Crippen molar-refractivity contribution in [2.24, 2.45) is 17.6 Å². The van der Waals surface area contributed by atoms with Crippen molar-refractivity contribution in [1.29, 1.82) is 0 Å². The van der Waals surface area contributed by atoms with Gasteiger partial charge in [0.1, 0.15) is 0 Å². The van der Waals surface area contributed by atoms with Crippen LogP contribution < -0.4 is 5.73 Å². The van der Waals surface area contributed by atoms with Crippen molar-refractivity contribution in [3.05, 3.63) is 30.1 Å². The zero-order valence-corrected chi connectivity index (χ0v) is 12.0. The van der Waals surface area contributed by atoms with Gasteiger partial charge < -0.3 is 5.73 Å². The fourth-order valence-corrected chi connectivity index (χ4v) is 2.30. The van der Waals surface area contributed by atoms with Gasteiger partial charge in [0.15, 0.2) is 0 Å². The van der Waals surface area contributed by atoms with Gasteiger partial charge in [-0.3, -0.25) is 9.88 Å². The normalized spacial score (nSPS) is 13.2. The molecule has 1 atom stereocenters. The van der Waals surface area contributed by atoms with Gasteiger partial charge >= 0.3 is 0 Å². The van der Waals surface area contributed by atoms with E-state index in [1.165, 1.54) is 6.42 Å². The van der Waals surface area contributed by atoms with Gasteiger partial charge in [-0.05, 0) is 43.5 Å². The third-order valence-electron chi connectivity index (χ3n) is 3.21. The predicted octanol–water partition coefficient (Wildman–Crippen LogP) is 2.52. The van der Waals surface area contributed by atoms with Gasteiger partial charge in [0.05, 0.1) is 5.69 Å². The predicted molar refractivity (Wildman–Crippen MR) is 77.2 cm³/mol. The lowest BCUT2D eigenvalue weighted by Crippen LogP contribution is -2.33. The first-order valence-corrected chi connectivity index (χ1v) is 6.98. The largest absolute Gasteiger partial charge is 0.330 e. The van der Waals surface area contributed by atoms with E-state index in [0.29, 0.717) is 11.8 Å². The molecule has 0 aromatic carbocycles. The van der Waals surface area contributed by atoms with Gasteiger partial charge in [-0.1, -0.05) is 26.8 Å². The molecule has 0 fully saturated rings. The highest BCUT2D eigenvalue weighted by Gasteiger charge is 2.14. The van der Waals surface area contributed by atoms with Gasteiger partial charge in [0.2, 0.25) is 0 Å². The van der Waals surface area contributed by atoms with E-state index in [9.17, 15) is 0 Å². The van der Waals surface area contributed by atoms with Crippen LogP contribution in [0.5, 0.6) is 0 Å². The van der Waals surface area contributed by atoms with Crippen LogP contribution in [0, 0.1) is 11.8 Å². The molecule has 0 aliphatic rings. The Kier molecular flexibility index (Phi) is 6.91. The SMILES string of the molecule is CCN(Cc1ccccn1)CC(CN)CC(C)C. The topological polar surface area (TPSA) is 42.2 Å². The molecule has 1 rings (SSSR count). The molecule has 18 heavy (non-hydrogen) atoms. The number of nitrogens with zero attached hydrogens (tertiary/aromatic N) is 2. The summed E-state index contributed by atoms with van der Waals surface area (Å²) in [6.45, 7) is 10.5. The van der Waals surface area contributed by atoms with E-state index >= 15 is 0 Å². The molecule has 1 aromatic rings. The van der Waals surface area contributed by atoms with Crippen LogP contribution in [0.1, 0.15) is 32.9 Å². The Labute approximate surface area is 111 Å². The Morgan fingerprint density at radius 1 is 1.33 bits per heavy atom. The molecule has 0 saturated carbocycles. The first kappa shape index (κ1) is 15.1. The minimum Gasteiger partial charge on any atom is -0.330 e. The smallest absolute Gasteiger partial charge is 0.0543 e. The molecule has 0 saturated heterocycles. The third-order valence-corrected chi connectivity index (χ3v) is 3.21. The molecule has 2 N–H and O–H groups in total. The molecule has 0 bridgehead atoms. The highest BCUT2D eigenvalue weighted by atomic mass is 15.1. The van der Waals surface area contributed by atoms with Crippen molar-refractivity contribution in [2.75, 3.05) is 19.6 Å². The average molecular weight is 249 g/mol. The Hall–Kier alpha value is -0.930. The Bertz CT molecular complexity index is 311. The molecule has 1 unspecified atom stereocenters. The van der Waals surface area contributed by atoms with Crippen molar-refractivity contribution in [3.63, 3.8) is 0 Å². The van der Waals surface area contributed by atoms with Crippen LogP contribution in [0.2, 0.25) is 0 Å². The maximum atomic E-state index is 5.88. The van der Waals surface area contributed by atoms with E-state index in [4.69, 9.17) is 5.73 Å².